The normalized spacial score (nSPS) is 23.6. The molecule has 0 aromatic heterocycles. The van der Waals surface area contributed by atoms with Gasteiger partial charge in [0.2, 0.25) is 29.5 Å². The maximum absolute atomic E-state index is 11.8. The van der Waals surface area contributed by atoms with E-state index in [1.807, 2.05) is 27.7 Å². The molecule has 5 N–H and O–H groups in total. The molecule has 0 heterocycles. The molecule has 13 nitrogen and oxygen atoms in total. The molecule has 0 aliphatic heterocycles. The molecule has 3 fully saturated rings. The van der Waals surface area contributed by atoms with Crippen molar-refractivity contribution in [3.05, 3.63) is 60.8 Å². The van der Waals surface area contributed by atoms with Gasteiger partial charge in [0.25, 0.3) is 0 Å². The molecule has 9 atom stereocenters. The summed E-state index contributed by atoms with van der Waals surface area (Å²) in [5.74, 6) is 3.69. The third kappa shape index (κ3) is 16.8. The molecule has 3 rings (SSSR count). The van der Waals surface area contributed by atoms with Gasteiger partial charge in [0, 0.05) is 64.5 Å². The van der Waals surface area contributed by atoms with Crippen molar-refractivity contribution in [3.63, 3.8) is 0 Å². The summed E-state index contributed by atoms with van der Waals surface area (Å²) in [6.45, 7) is 38.0. The Bertz CT molecular complexity index is 1480. The number of hydrogen-bond acceptors (Lipinski definition) is 8. The highest BCUT2D eigenvalue weighted by Gasteiger charge is 2.56. The van der Waals surface area contributed by atoms with E-state index in [9.17, 15) is 24.0 Å². The van der Waals surface area contributed by atoms with E-state index in [-0.39, 0.29) is 47.7 Å². The molecule has 0 aromatic rings. The largest absolute Gasteiger partial charge is 0.379 e. The topological polar surface area (TPSA) is 173 Å². The average Bonchev–Trinajstić information content (AvgIpc) is 3.89. The Morgan fingerprint density at radius 2 is 0.917 bits per heavy atom. The van der Waals surface area contributed by atoms with Gasteiger partial charge >= 0.3 is 0 Å². The van der Waals surface area contributed by atoms with Crippen LogP contribution in [0.25, 0.3) is 0 Å². The minimum atomic E-state index is -0.464. The van der Waals surface area contributed by atoms with E-state index in [4.69, 9.17) is 14.2 Å². The standard InChI is InChI=1S/C27H47N3O6.C20H30N2O2/c1-11-27(15-34-12-21(8)28-24(31)18(2)3,16-35-13-22(9)29-25(32)19(4)5)17-36-14-23(10)30-26(33)20(6)7;1-11(2)19(23)21-9-13-5-6-16-17-8-14(18(13)16)7-15(17)10-22-20(24)12(3)4/h21-23H,2,4,6,11-17H2,1,3,5,7-10H3,(H,28,31)(H,29,32)(H,30,33);13-18H,1,3,5-10H2,2,4H3,(H,21,23)(H,22,24). The second kappa shape index (κ2) is 25.0. The van der Waals surface area contributed by atoms with Gasteiger partial charge in [0.15, 0.2) is 0 Å². The van der Waals surface area contributed by atoms with Crippen molar-refractivity contribution in [2.24, 2.45) is 40.9 Å². The zero-order chi connectivity index (χ0) is 45.3. The van der Waals surface area contributed by atoms with Gasteiger partial charge in [-0.2, -0.15) is 0 Å². The van der Waals surface area contributed by atoms with Gasteiger partial charge < -0.3 is 40.8 Å². The van der Waals surface area contributed by atoms with E-state index in [2.05, 4.69) is 59.5 Å². The van der Waals surface area contributed by atoms with E-state index in [1.54, 1.807) is 34.6 Å². The molecule has 3 saturated carbocycles. The van der Waals surface area contributed by atoms with Crippen molar-refractivity contribution >= 4 is 29.5 Å². The van der Waals surface area contributed by atoms with Gasteiger partial charge in [-0.05, 0) is 123 Å². The highest BCUT2D eigenvalue weighted by atomic mass is 16.5. The van der Waals surface area contributed by atoms with Crippen LogP contribution in [-0.2, 0) is 38.2 Å². The summed E-state index contributed by atoms with van der Waals surface area (Å²) >= 11 is 0. The van der Waals surface area contributed by atoms with Crippen LogP contribution in [-0.4, -0.2) is 100 Å². The Morgan fingerprint density at radius 3 is 1.27 bits per heavy atom. The number of carbonyl (C=O) groups excluding carboxylic acids is 5. The van der Waals surface area contributed by atoms with Crippen LogP contribution in [0.1, 0.15) is 94.4 Å². The number of nitrogens with one attached hydrogen (secondary N) is 5. The lowest BCUT2D eigenvalue weighted by molar-refractivity contribution is -0.119. The van der Waals surface area contributed by atoms with Gasteiger partial charge in [-0.25, -0.2) is 0 Å². The first kappa shape index (κ1) is 52.1. The van der Waals surface area contributed by atoms with Crippen molar-refractivity contribution in [1.82, 2.24) is 26.6 Å². The molecule has 2 bridgehead atoms. The summed E-state index contributed by atoms with van der Waals surface area (Å²) in [6, 6.07) is -0.582. The Morgan fingerprint density at radius 1 is 0.550 bits per heavy atom. The summed E-state index contributed by atoms with van der Waals surface area (Å²) in [7, 11) is 0. The van der Waals surface area contributed by atoms with Crippen molar-refractivity contribution in [3.8, 4) is 0 Å². The average molecular weight is 840 g/mol. The van der Waals surface area contributed by atoms with Crippen LogP contribution < -0.4 is 26.6 Å². The number of hydrogen-bond donors (Lipinski definition) is 5. The fourth-order valence-corrected chi connectivity index (χ4v) is 8.59. The Hall–Kier alpha value is -4.07. The summed E-state index contributed by atoms with van der Waals surface area (Å²) in [4.78, 5) is 59.0. The molecule has 13 heteroatoms. The lowest BCUT2D eigenvalue weighted by Gasteiger charge is -2.34. The SMILES string of the molecule is C=C(C)C(=O)NC(C)COCC(CC)(COCC(C)NC(=O)C(=C)C)COCC(C)NC(=O)C(=C)C.C=C(C)C(=O)NCC1CC2CC1C1CCC(CNC(=O)C(=C)C)C21. The molecule has 3 aliphatic carbocycles. The third-order valence-electron chi connectivity index (χ3n) is 12.0. The van der Waals surface area contributed by atoms with E-state index < -0.39 is 5.41 Å². The van der Waals surface area contributed by atoms with Crippen molar-refractivity contribution < 1.29 is 38.2 Å². The Kier molecular flexibility index (Phi) is 21.7. The number of carbonyl (C=O) groups is 5. The molecule has 0 aromatic carbocycles. The lowest BCUT2D eigenvalue weighted by Crippen LogP contribution is -2.43. The predicted octanol–water partition coefficient (Wildman–Crippen LogP) is 5.34. The number of rotatable bonds is 25. The summed E-state index contributed by atoms with van der Waals surface area (Å²) < 4.78 is 17.9. The van der Waals surface area contributed by atoms with E-state index in [1.165, 1.54) is 25.7 Å². The Balaban J connectivity index is 0.000000443. The molecular formula is C47H77N5O8. The smallest absolute Gasteiger partial charge is 0.246 e. The van der Waals surface area contributed by atoms with Gasteiger partial charge in [0.05, 0.1) is 39.6 Å². The first-order valence-corrected chi connectivity index (χ1v) is 21.6. The van der Waals surface area contributed by atoms with Crippen molar-refractivity contribution in [2.75, 3.05) is 52.7 Å². The molecular weight excluding hydrogens is 763 g/mol. The quantitative estimate of drug-likeness (QED) is 0.0767. The van der Waals surface area contributed by atoms with Crippen molar-refractivity contribution in [2.45, 2.75) is 113 Å². The van der Waals surface area contributed by atoms with Crippen LogP contribution in [0, 0.1) is 40.9 Å². The van der Waals surface area contributed by atoms with Crippen LogP contribution in [0.2, 0.25) is 0 Å². The molecule has 338 valence electrons. The van der Waals surface area contributed by atoms with E-state index in [0.29, 0.717) is 85.8 Å². The van der Waals surface area contributed by atoms with Crippen LogP contribution in [0.4, 0.5) is 0 Å². The highest BCUT2D eigenvalue weighted by Crippen LogP contribution is 2.62. The third-order valence-corrected chi connectivity index (χ3v) is 12.0. The Labute approximate surface area is 360 Å². The minimum Gasteiger partial charge on any atom is -0.379 e. The van der Waals surface area contributed by atoms with Crippen molar-refractivity contribution in [1.29, 1.82) is 0 Å². The molecule has 5 amide bonds. The molecule has 60 heavy (non-hydrogen) atoms. The number of amides is 5. The van der Waals surface area contributed by atoms with E-state index in [0.717, 1.165) is 36.8 Å². The fraction of sp³-hybridized carbons (Fsp3) is 0.681. The summed E-state index contributed by atoms with van der Waals surface area (Å²) in [6.07, 6.45) is 5.76. The predicted molar refractivity (Wildman–Crippen MR) is 237 cm³/mol. The molecule has 3 aliphatic rings. The first-order chi connectivity index (χ1) is 28.1. The number of ether oxygens (including phenoxy) is 3. The maximum atomic E-state index is 11.8. The second-order valence-corrected chi connectivity index (χ2v) is 18.1. The van der Waals surface area contributed by atoms with Gasteiger partial charge in [0.1, 0.15) is 0 Å². The highest BCUT2D eigenvalue weighted by molar-refractivity contribution is 5.93. The zero-order valence-corrected chi connectivity index (χ0v) is 38.2. The second-order valence-electron chi connectivity index (χ2n) is 18.1. The van der Waals surface area contributed by atoms with Crippen LogP contribution in [0.5, 0.6) is 0 Å². The molecule has 9 unspecified atom stereocenters. The monoisotopic (exact) mass is 840 g/mol. The van der Waals surface area contributed by atoms with E-state index >= 15 is 0 Å². The van der Waals surface area contributed by atoms with Crippen LogP contribution in [0.3, 0.4) is 0 Å². The molecule has 0 spiro atoms. The lowest BCUT2D eigenvalue weighted by atomic mass is 9.73. The minimum absolute atomic E-state index is 0.0120. The fourth-order valence-electron chi connectivity index (χ4n) is 8.59. The van der Waals surface area contributed by atoms with Gasteiger partial charge in [-0.1, -0.05) is 39.8 Å². The summed E-state index contributed by atoms with van der Waals surface area (Å²) in [5.41, 5.74) is 2.02. The van der Waals surface area contributed by atoms with Crippen LogP contribution in [0.15, 0.2) is 60.8 Å². The molecule has 0 saturated heterocycles. The number of fused-ring (bicyclic) bond motifs is 5. The van der Waals surface area contributed by atoms with Gasteiger partial charge in [-0.15, -0.1) is 0 Å². The maximum Gasteiger partial charge on any atom is 0.246 e. The van der Waals surface area contributed by atoms with Crippen LogP contribution >= 0.6 is 0 Å². The van der Waals surface area contributed by atoms with Gasteiger partial charge in [-0.3, -0.25) is 24.0 Å². The molecule has 0 radical (unpaired) electrons. The summed E-state index contributed by atoms with van der Waals surface area (Å²) in [5, 5.41) is 14.6. The first-order valence-electron chi connectivity index (χ1n) is 21.6. The zero-order valence-electron chi connectivity index (χ0n) is 38.2.